The molecule has 1 spiro atoms. The van der Waals surface area contributed by atoms with Crippen LogP contribution in [0.25, 0.3) is 0 Å². The largest absolute Gasteiger partial charge is 0.378 e. The van der Waals surface area contributed by atoms with Gasteiger partial charge in [0.15, 0.2) is 0 Å². The molecule has 21 heavy (non-hydrogen) atoms. The molecule has 2 aliphatic heterocycles. The fraction of sp³-hybridized carbons (Fsp3) is 0.688. The van der Waals surface area contributed by atoms with Crippen molar-refractivity contribution in [3.05, 3.63) is 29.8 Å². The number of rotatable bonds is 3. The van der Waals surface area contributed by atoms with Gasteiger partial charge in [-0.2, -0.15) is 0 Å². The Morgan fingerprint density at radius 2 is 2.29 bits per heavy atom. The number of hydrogen-bond donors (Lipinski definition) is 0. The van der Waals surface area contributed by atoms with E-state index >= 15 is 0 Å². The van der Waals surface area contributed by atoms with Crippen LogP contribution >= 0.6 is 0 Å². The molecule has 0 amide bonds. The first kappa shape index (κ1) is 14.9. The summed E-state index contributed by atoms with van der Waals surface area (Å²) in [6, 6.07) is 3.10. The molecule has 1 unspecified atom stereocenters. The van der Waals surface area contributed by atoms with Gasteiger partial charge in [-0.1, -0.05) is 0 Å². The normalized spacial score (nSPS) is 26.1. The number of aromatic nitrogens is 1. The molecule has 0 N–H and O–H groups in total. The summed E-state index contributed by atoms with van der Waals surface area (Å²) in [6.45, 7) is 3.20. The van der Waals surface area contributed by atoms with Gasteiger partial charge in [0, 0.05) is 39.5 Å². The van der Waals surface area contributed by atoms with Crippen LogP contribution < -0.4 is 0 Å². The van der Waals surface area contributed by atoms with Crippen molar-refractivity contribution in [3.8, 4) is 0 Å². The van der Waals surface area contributed by atoms with Crippen molar-refractivity contribution < 1.29 is 13.9 Å². The Kier molecular flexibility index (Phi) is 4.52. The predicted molar refractivity (Wildman–Crippen MR) is 77.4 cm³/mol. The van der Waals surface area contributed by atoms with Crippen LogP contribution in [0.5, 0.6) is 0 Å². The molecule has 0 saturated carbocycles. The Labute approximate surface area is 125 Å². The van der Waals surface area contributed by atoms with E-state index in [0.29, 0.717) is 12.2 Å². The molecular formula is C16H23FN2O2. The van der Waals surface area contributed by atoms with E-state index in [4.69, 9.17) is 9.47 Å². The standard InChI is InChI=1S/C16H23FN2O2/c1-20-15-5-3-11-21-16(15)6-9-19(10-7-16)12-14-13(17)4-2-8-18-14/h2,4,8,15H,3,5-7,9-12H2,1H3. The van der Waals surface area contributed by atoms with E-state index in [1.54, 1.807) is 19.4 Å². The molecular weight excluding hydrogens is 271 g/mol. The molecule has 5 heteroatoms. The summed E-state index contributed by atoms with van der Waals surface area (Å²) in [4.78, 5) is 6.39. The zero-order chi connectivity index (χ0) is 14.7. The zero-order valence-electron chi connectivity index (χ0n) is 12.6. The van der Waals surface area contributed by atoms with E-state index in [1.165, 1.54) is 6.07 Å². The molecule has 2 saturated heterocycles. The molecule has 3 rings (SSSR count). The van der Waals surface area contributed by atoms with Crippen molar-refractivity contribution >= 4 is 0 Å². The van der Waals surface area contributed by atoms with Crippen LogP contribution in [0.4, 0.5) is 4.39 Å². The lowest BCUT2D eigenvalue weighted by Crippen LogP contribution is -2.55. The number of likely N-dealkylation sites (tertiary alicyclic amines) is 1. The summed E-state index contributed by atoms with van der Waals surface area (Å²) in [5.41, 5.74) is 0.396. The molecule has 3 heterocycles. The van der Waals surface area contributed by atoms with Crippen molar-refractivity contribution in [1.29, 1.82) is 0 Å². The van der Waals surface area contributed by atoms with Crippen molar-refractivity contribution in [2.75, 3.05) is 26.8 Å². The van der Waals surface area contributed by atoms with E-state index in [0.717, 1.165) is 45.4 Å². The average molecular weight is 294 g/mol. The SMILES string of the molecule is COC1CCCOC12CCN(Cc1ncccc1F)CC2. The summed E-state index contributed by atoms with van der Waals surface area (Å²) < 4.78 is 25.4. The van der Waals surface area contributed by atoms with Gasteiger partial charge >= 0.3 is 0 Å². The highest BCUT2D eigenvalue weighted by atomic mass is 19.1. The highest BCUT2D eigenvalue weighted by Gasteiger charge is 2.44. The van der Waals surface area contributed by atoms with E-state index in [1.807, 2.05) is 0 Å². The fourth-order valence-electron chi connectivity index (χ4n) is 3.54. The maximum absolute atomic E-state index is 13.7. The number of pyridine rings is 1. The first-order chi connectivity index (χ1) is 10.2. The van der Waals surface area contributed by atoms with E-state index in [-0.39, 0.29) is 17.5 Å². The Balaban J connectivity index is 1.61. The van der Waals surface area contributed by atoms with Crippen molar-refractivity contribution in [2.24, 2.45) is 0 Å². The number of hydrogen-bond acceptors (Lipinski definition) is 4. The summed E-state index contributed by atoms with van der Waals surface area (Å²) in [5.74, 6) is -0.221. The second kappa shape index (κ2) is 6.38. The van der Waals surface area contributed by atoms with Crippen LogP contribution in [0.3, 0.4) is 0 Å². The number of ether oxygens (including phenoxy) is 2. The van der Waals surface area contributed by atoms with Crippen LogP contribution in [0.2, 0.25) is 0 Å². The second-order valence-electron chi connectivity index (χ2n) is 5.99. The average Bonchev–Trinajstić information content (AvgIpc) is 2.52. The first-order valence-electron chi connectivity index (χ1n) is 7.72. The summed E-state index contributed by atoms with van der Waals surface area (Å²) in [7, 11) is 1.77. The van der Waals surface area contributed by atoms with Gasteiger partial charge in [-0.05, 0) is 37.8 Å². The number of nitrogens with zero attached hydrogens (tertiary/aromatic N) is 2. The molecule has 1 aromatic rings. The Morgan fingerprint density at radius 1 is 1.48 bits per heavy atom. The molecule has 0 radical (unpaired) electrons. The molecule has 2 fully saturated rings. The zero-order valence-corrected chi connectivity index (χ0v) is 12.6. The van der Waals surface area contributed by atoms with Gasteiger partial charge in [-0.15, -0.1) is 0 Å². The molecule has 0 aliphatic carbocycles. The first-order valence-corrected chi connectivity index (χ1v) is 7.72. The third kappa shape index (κ3) is 3.10. The fourth-order valence-corrected chi connectivity index (χ4v) is 3.54. The third-order valence-electron chi connectivity index (χ3n) is 4.78. The maximum atomic E-state index is 13.7. The maximum Gasteiger partial charge on any atom is 0.146 e. The molecule has 0 bridgehead atoms. The van der Waals surface area contributed by atoms with Gasteiger partial charge in [-0.25, -0.2) is 4.39 Å². The van der Waals surface area contributed by atoms with Gasteiger partial charge in [0.1, 0.15) is 5.82 Å². The third-order valence-corrected chi connectivity index (χ3v) is 4.78. The lowest BCUT2D eigenvalue weighted by Gasteiger charge is -2.48. The van der Waals surface area contributed by atoms with Crippen LogP contribution in [0.1, 0.15) is 31.4 Å². The van der Waals surface area contributed by atoms with Gasteiger partial charge < -0.3 is 9.47 Å². The van der Waals surface area contributed by atoms with Gasteiger partial charge in [-0.3, -0.25) is 9.88 Å². The molecule has 0 aromatic carbocycles. The minimum absolute atomic E-state index is 0.133. The van der Waals surface area contributed by atoms with E-state index in [2.05, 4.69) is 9.88 Å². The van der Waals surface area contributed by atoms with Crippen molar-refractivity contribution in [2.45, 2.75) is 43.9 Å². The number of halogens is 1. The summed E-state index contributed by atoms with van der Waals surface area (Å²) in [6.07, 6.45) is 5.88. The van der Waals surface area contributed by atoms with Crippen LogP contribution in [-0.2, 0) is 16.0 Å². The quantitative estimate of drug-likeness (QED) is 0.857. The lowest BCUT2D eigenvalue weighted by atomic mass is 9.82. The van der Waals surface area contributed by atoms with Gasteiger partial charge in [0.05, 0.1) is 17.4 Å². The Hall–Kier alpha value is -1.04. The number of methoxy groups -OCH3 is 1. The highest BCUT2D eigenvalue weighted by Crippen LogP contribution is 2.37. The smallest absolute Gasteiger partial charge is 0.146 e. The van der Waals surface area contributed by atoms with Crippen molar-refractivity contribution in [1.82, 2.24) is 9.88 Å². The van der Waals surface area contributed by atoms with Crippen molar-refractivity contribution in [3.63, 3.8) is 0 Å². The Morgan fingerprint density at radius 3 is 3.00 bits per heavy atom. The van der Waals surface area contributed by atoms with Crippen LogP contribution in [-0.4, -0.2) is 48.4 Å². The van der Waals surface area contributed by atoms with Crippen LogP contribution in [0.15, 0.2) is 18.3 Å². The summed E-state index contributed by atoms with van der Waals surface area (Å²) >= 11 is 0. The highest BCUT2D eigenvalue weighted by molar-refractivity contribution is 5.07. The second-order valence-corrected chi connectivity index (χ2v) is 5.99. The minimum Gasteiger partial charge on any atom is -0.378 e. The molecule has 2 aliphatic rings. The molecule has 4 nitrogen and oxygen atoms in total. The van der Waals surface area contributed by atoms with Gasteiger partial charge in [0.2, 0.25) is 0 Å². The molecule has 1 atom stereocenters. The molecule has 116 valence electrons. The Bertz CT molecular complexity index is 475. The van der Waals surface area contributed by atoms with E-state index < -0.39 is 0 Å². The van der Waals surface area contributed by atoms with Crippen LogP contribution in [0, 0.1) is 5.82 Å². The molecule has 1 aromatic heterocycles. The minimum atomic E-state index is -0.221. The lowest BCUT2D eigenvalue weighted by molar-refractivity contribution is -0.186. The predicted octanol–water partition coefficient (Wildman–Crippen LogP) is 2.38. The number of piperidine rings is 1. The topological polar surface area (TPSA) is 34.6 Å². The van der Waals surface area contributed by atoms with E-state index in [9.17, 15) is 4.39 Å². The monoisotopic (exact) mass is 294 g/mol. The summed E-state index contributed by atoms with van der Waals surface area (Å²) in [5, 5.41) is 0. The van der Waals surface area contributed by atoms with Gasteiger partial charge in [0.25, 0.3) is 0 Å².